The van der Waals surface area contributed by atoms with Gasteiger partial charge in [-0.05, 0) is 72.0 Å². The predicted octanol–water partition coefficient (Wildman–Crippen LogP) is 4.07. The molecular weight excluding hydrogens is 405 g/mol. The molecule has 0 fully saturated rings. The number of fused-ring (bicyclic) bond motifs is 1. The first-order valence-electron chi connectivity index (χ1n) is 9.73. The zero-order valence-corrected chi connectivity index (χ0v) is 17.0. The molecule has 154 valence electrons. The number of rotatable bonds is 6. The molecule has 0 saturated carbocycles. The highest BCUT2D eigenvalue weighted by atomic mass is 35.5. The fraction of sp³-hybridized carbons (Fsp3) is 0.217. The topological polar surface area (TPSA) is 65.5 Å². The monoisotopic (exact) mass is 425 g/mol. The molecule has 1 amide bonds. The van der Waals surface area contributed by atoms with Gasteiger partial charge in [-0.1, -0.05) is 17.7 Å². The average Bonchev–Trinajstić information content (AvgIpc) is 3.20. The molecule has 0 radical (unpaired) electrons. The first-order valence-corrected chi connectivity index (χ1v) is 10.1. The normalized spacial score (nSPS) is 12.4. The second-order valence-electron chi connectivity index (χ2n) is 7.17. The van der Waals surface area contributed by atoms with Crippen molar-refractivity contribution in [3.05, 3.63) is 87.8 Å². The number of anilines is 2. The molecule has 7 heteroatoms. The molecule has 0 aliphatic carbocycles. The van der Waals surface area contributed by atoms with Crippen LogP contribution in [-0.4, -0.2) is 35.7 Å². The highest BCUT2D eigenvalue weighted by Gasteiger charge is 2.24. The number of hydrogen-bond donors (Lipinski definition) is 2. The van der Waals surface area contributed by atoms with E-state index in [1.807, 2.05) is 18.2 Å². The summed E-state index contributed by atoms with van der Waals surface area (Å²) in [5.74, 6) is -0.156. The van der Waals surface area contributed by atoms with E-state index in [0.29, 0.717) is 22.8 Å². The summed E-state index contributed by atoms with van der Waals surface area (Å²) in [5, 5.41) is 13.2. The fourth-order valence-electron chi connectivity index (χ4n) is 3.78. The van der Waals surface area contributed by atoms with Gasteiger partial charge in [-0.2, -0.15) is 0 Å². The quantitative estimate of drug-likeness (QED) is 0.624. The first-order chi connectivity index (χ1) is 14.5. The number of aliphatic hydroxyl groups is 1. The largest absolute Gasteiger partial charge is 0.395 e. The highest BCUT2D eigenvalue weighted by molar-refractivity contribution is 6.30. The summed E-state index contributed by atoms with van der Waals surface area (Å²) in [6.07, 6.45) is 2.83. The minimum Gasteiger partial charge on any atom is -0.395 e. The van der Waals surface area contributed by atoms with Crippen molar-refractivity contribution >= 4 is 29.0 Å². The second kappa shape index (κ2) is 8.81. The average molecular weight is 426 g/mol. The zero-order valence-electron chi connectivity index (χ0n) is 16.2. The number of amides is 1. The van der Waals surface area contributed by atoms with Crippen LogP contribution in [0.4, 0.5) is 15.9 Å². The van der Waals surface area contributed by atoms with Gasteiger partial charge in [-0.25, -0.2) is 9.37 Å². The standard InChI is InChI=1S/C23H21ClFN3O2/c24-17-11-16(12-18(25)14-17)10-15-4-6-27-22(13-15)28(8-9-29)23(30)20-2-1-3-21-19(20)5-7-26-21/h1-4,6,11-14,26,29H,5,7-10H2. The van der Waals surface area contributed by atoms with E-state index in [-0.39, 0.29) is 19.1 Å². The van der Waals surface area contributed by atoms with Gasteiger partial charge in [0.25, 0.3) is 5.91 Å². The molecule has 0 bridgehead atoms. The lowest BCUT2D eigenvalue weighted by Crippen LogP contribution is -2.34. The van der Waals surface area contributed by atoms with E-state index in [9.17, 15) is 14.3 Å². The van der Waals surface area contributed by atoms with E-state index in [1.165, 1.54) is 17.0 Å². The van der Waals surface area contributed by atoms with Crippen LogP contribution < -0.4 is 10.2 Å². The van der Waals surface area contributed by atoms with E-state index in [0.717, 1.165) is 35.3 Å². The Labute approximate surface area is 179 Å². The van der Waals surface area contributed by atoms with Gasteiger partial charge in [0.05, 0.1) is 13.2 Å². The minimum atomic E-state index is -0.393. The van der Waals surface area contributed by atoms with Crippen molar-refractivity contribution in [1.82, 2.24) is 4.98 Å². The maximum absolute atomic E-state index is 13.7. The molecule has 1 aliphatic heterocycles. The van der Waals surface area contributed by atoms with Crippen LogP contribution in [0.5, 0.6) is 0 Å². The van der Waals surface area contributed by atoms with Crippen molar-refractivity contribution in [2.24, 2.45) is 0 Å². The second-order valence-corrected chi connectivity index (χ2v) is 7.60. The number of benzene rings is 2. The van der Waals surface area contributed by atoms with E-state index >= 15 is 0 Å². The van der Waals surface area contributed by atoms with Crippen LogP contribution in [0.1, 0.15) is 27.0 Å². The van der Waals surface area contributed by atoms with Crippen LogP contribution in [0.2, 0.25) is 5.02 Å². The lowest BCUT2D eigenvalue weighted by Gasteiger charge is -2.22. The van der Waals surface area contributed by atoms with Crippen LogP contribution in [0.3, 0.4) is 0 Å². The molecule has 4 rings (SSSR count). The number of pyridine rings is 1. The summed E-state index contributed by atoms with van der Waals surface area (Å²) in [4.78, 5) is 19.2. The van der Waals surface area contributed by atoms with Crippen LogP contribution >= 0.6 is 11.6 Å². The van der Waals surface area contributed by atoms with Crippen molar-refractivity contribution in [2.75, 3.05) is 29.9 Å². The molecule has 0 unspecified atom stereocenters. The fourth-order valence-corrected chi connectivity index (χ4v) is 4.02. The number of nitrogens with zero attached hydrogens (tertiary/aromatic N) is 2. The molecule has 0 atom stereocenters. The minimum absolute atomic E-state index is 0.123. The third-order valence-electron chi connectivity index (χ3n) is 5.08. The molecule has 2 heterocycles. The number of carbonyl (C=O) groups is 1. The Morgan fingerprint density at radius 2 is 2.07 bits per heavy atom. The van der Waals surface area contributed by atoms with Crippen LogP contribution in [0.25, 0.3) is 0 Å². The number of nitrogens with one attached hydrogen (secondary N) is 1. The summed E-state index contributed by atoms with van der Waals surface area (Å²) in [6, 6.07) is 13.6. The molecular formula is C23H21ClFN3O2. The van der Waals surface area contributed by atoms with Gasteiger partial charge >= 0.3 is 0 Å². The Morgan fingerprint density at radius 1 is 1.20 bits per heavy atom. The molecule has 1 aromatic heterocycles. The van der Waals surface area contributed by atoms with Crippen molar-refractivity contribution in [3.63, 3.8) is 0 Å². The molecule has 2 N–H and O–H groups in total. The van der Waals surface area contributed by atoms with Crippen molar-refractivity contribution in [1.29, 1.82) is 0 Å². The molecule has 2 aromatic carbocycles. The molecule has 5 nitrogen and oxygen atoms in total. The number of halogens is 2. The van der Waals surface area contributed by atoms with Crippen LogP contribution in [-0.2, 0) is 12.8 Å². The molecule has 3 aromatic rings. The number of hydrogen-bond acceptors (Lipinski definition) is 4. The summed E-state index contributed by atoms with van der Waals surface area (Å²) in [5.41, 5.74) is 4.14. The van der Waals surface area contributed by atoms with Gasteiger partial charge in [0.15, 0.2) is 0 Å². The summed E-state index contributed by atoms with van der Waals surface area (Å²) < 4.78 is 13.7. The third kappa shape index (κ3) is 4.30. The Balaban J connectivity index is 1.64. The molecule has 0 saturated heterocycles. The summed E-state index contributed by atoms with van der Waals surface area (Å²) >= 11 is 5.96. The predicted molar refractivity (Wildman–Crippen MR) is 116 cm³/mol. The van der Waals surface area contributed by atoms with Gasteiger partial charge in [0, 0.05) is 29.0 Å². The molecule has 30 heavy (non-hydrogen) atoms. The van der Waals surface area contributed by atoms with Gasteiger partial charge < -0.3 is 10.4 Å². The number of aromatic nitrogens is 1. The summed E-state index contributed by atoms with van der Waals surface area (Å²) in [6.45, 7) is 0.728. The Bertz CT molecular complexity index is 1070. The van der Waals surface area contributed by atoms with E-state index < -0.39 is 5.82 Å². The molecule has 1 aliphatic rings. The lowest BCUT2D eigenvalue weighted by molar-refractivity contribution is 0.0979. The number of carbonyl (C=O) groups excluding carboxylic acids is 1. The van der Waals surface area contributed by atoms with Crippen molar-refractivity contribution < 1.29 is 14.3 Å². The van der Waals surface area contributed by atoms with Crippen molar-refractivity contribution in [2.45, 2.75) is 12.8 Å². The zero-order chi connectivity index (χ0) is 21.1. The van der Waals surface area contributed by atoms with Crippen molar-refractivity contribution in [3.8, 4) is 0 Å². The van der Waals surface area contributed by atoms with E-state index in [2.05, 4.69) is 10.3 Å². The highest BCUT2D eigenvalue weighted by Crippen LogP contribution is 2.28. The van der Waals surface area contributed by atoms with Gasteiger partial charge in [-0.15, -0.1) is 0 Å². The number of aliphatic hydroxyl groups excluding tert-OH is 1. The third-order valence-corrected chi connectivity index (χ3v) is 5.30. The first kappa shape index (κ1) is 20.3. The maximum atomic E-state index is 13.7. The van der Waals surface area contributed by atoms with Crippen LogP contribution in [0, 0.1) is 5.82 Å². The van der Waals surface area contributed by atoms with E-state index in [4.69, 9.17) is 11.6 Å². The maximum Gasteiger partial charge on any atom is 0.259 e. The molecule has 0 spiro atoms. The Morgan fingerprint density at radius 3 is 2.87 bits per heavy atom. The van der Waals surface area contributed by atoms with Gasteiger partial charge in [0.1, 0.15) is 11.6 Å². The Hall–Kier alpha value is -2.96. The lowest BCUT2D eigenvalue weighted by atomic mass is 10.0. The van der Waals surface area contributed by atoms with Gasteiger partial charge in [0.2, 0.25) is 0 Å². The Kier molecular flexibility index (Phi) is 5.97. The summed E-state index contributed by atoms with van der Waals surface area (Å²) in [7, 11) is 0. The SMILES string of the molecule is O=C(c1cccc2c1CCN2)N(CCO)c1cc(Cc2cc(F)cc(Cl)c2)ccn1. The van der Waals surface area contributed by atoms with E-state index in [1.54, 1.807) is 24.4 Å². The smallest absolute Gasteiger partial charge is 0.259 e. The van der Waals surface area contributed by atoms with Gasteiger partial charge in [-0.3, -0.25) is 9.69 Å². The van der Waals surface area contributed by atoms with Crippen LogP contribution in [0.15, 0.2) is 54.7 Å².